The molecular formula is C22H22O5. The van der Waals surface area contributed by atoms with Crippen LogP contribution in [0.2, 0.25) is 0 Å². The van der Waals surface area contributed by atoms with Gasteiger partial charge in [0.25, 0.3) is 0 Å². The lowest BCUT2D eigenvalue weighted by atomic mass is 10.0. The van der Waals surface area contributed by atoms with Crippen LogP contribution >= 0.6 is 0 Å². The number of rotatable bonds is 5. The molecule has 0 saturated carbocycles. The summed E-state index contributed by atoms with van der Waals surface area (Å²) in [7, 11) is 4.65. The number of methoxy groups -OCH3 is 3. The third-order valence-electron chi connectivity index (χ3n) is 4.53. The van der Waals surface area contributed by atoms with Gasteiger partial charge in [-0.05, 0) is 60.9 Å². The molecule has 0 aliphatic carbocycles. The van der Waals surface area contributed by atoms with Crippen LogP contribution in [0.15, 0.2) is 42.0 Å². The highest BCUT2D eigenvalue weighted by Crippen LogP contribution is 2.39. The molecule has 0 aromatic heterocycles. The molecule has 0 unspecified atom stereocenters. The second-order valence-electron chi connectivity index (χ2n) is 6.26. The molecule has 0 N–H and O–H groups in total. The van der Waals surface area contributed by atoms with E-state index in [1.54, 1.807) is 45.6 Å². The first-order valence-corrected chi connectivity index (χ1v) is 8.50. The fourth-order valence-electron chi connectivity index (χ4n) is 2.89. The smallest absolute Gasteiger partial charge is 0.343 e. The van der Waals surface area contributed by atoms with Crippen molar-refractivity contribution < 1.29 is 23.7 Å². The van der Waals surface area contributed by atoms with Crippen molar-refractivity contribution in [3.63, 3.8) is 0 Å². The first kappa shape index (κ1) is 18.6. The molecule has 0 saturated heterocycles. The molecule has 140 valence electrons. The molecule has 5 heteroatoms. The highest BCUT2D eigenvalue weighted by atomic mass is 16.5. The minimum Gasteiger partial charge on any atom is -0.493 e. The van der Waals surface area contributed by atoms with Crippen molar-refractivity contribution in [2.75, 3.05) is 21.3 Å². The quantitative estimate of drug-likeness (QED) is 0.583. The summed E-state index contributed by atoms with van der Waals surface area (Å²) in [5, 5.41) is 0. The van der Waals surface area contributed by atoms with Crippen LogP contribution in [-0.4, -0.2) is 27.3 Å². The Kier molecular flexibility index (Phi) is 5.21. The second kappa shape index (κ2) is 7.58. The maximum atomic E-state index is 12.3. The summed E-state index contributed by atoms with van der Waals surface area (Å²) < 4.78 is 21.5. The second-order valence-corrected chi connectivity index (χ2v) is 6.26. The summed E-state index contributed by atoms with van der Waals surface area (Å²) in [6.45, 7) is 4.08. The van der Waals surface area contributed by atoms with Crippen LogP contribution in [-0.2, 0) is 9.53 Å². The Hall–Kier alpha value is -3.21. The highest BCUT2D eigenvalue weighted by molar-refractivity contribution is 6.05. The van der Waals surface area contributed by atoms with Crippen molar-refractivity contribution in [3.05, 3.63) is 64.2 Å². The van der Waals surface area contributed by atoms with E-state index in [0.29, 0.717) is 28.6 Å². The molecule has 1 aliphatic heterocycles. The van der Waals surface area contributed by atoms with Crippen molar-refractivity contribution >= 4 is 17.8 Å². The normalized spacial score (nSPS) is 14.8. The van der Waals surface area contributed by atoms with Crippen LogP contribution in [0.3, 0.4) is 0 Å². The van der Waals surface area contributed by atoms with Gasteiger partial charge in [-0.25, -0.2) is 4.79 Å². The first-order valence-electron chi connectivity index (χ1n) is 8.50. The lowest BCUT2D eigenvalue weighted by Gasteiger charge is -2.12. The minimum atomic E-state index is -0.392. The Labute approximate surface area is 158 Å². The van der Waals surface area contributed by atoms with Crippen molar-refractivity contribution in [3.8, 4) is 17.2 Å². The molecule has 0 atom stereocenters. The summed E-state index contributed by atoms with van der Waals surface area (Å²) in [5.74, 6) is 1.70. The molecule has 2 aromatic rings. The van der Waals surface area contributed by atoms with Crippen LogP contribution in [0, 0.1) is 13.8 Å². The summed E-state index contributed by atoms with van der Waals surface area (Å²) in [6, 6.07) is 9.54. The van der Waals surface area contributed by atoms with E-state index in [0.717, 1.165) is 16.7 Å². The minimum absolute atomic E-state index is 0.392. The number of carbonyl (C=O) groups is 1. The predicted molar refractivity (Wildman–Crippen MR) is 104 cm³/mol. The van der Waals surface area contributed by atoms with Gasteiger partial charge >= 0.3 is 5.97 Å². The Bertz CT molecular complexity index is 928. The highest BCUT2D eigenvalue weighted by Gasteiger charge is 2.23. The molecule has 0 spiro atoms. The van der Waals surface area contributed by atoms with E-state index in [1.165, 1.54) is 5.56 Å². The van der Waals surface area contributed by atoms with Crippen LogP contribution in [0.5, 0.6) is 17.2 Å². The number of hydrogen-bond acceptors (Lipinski definition) is 5. The van der Waals surface area contributed by atoms with E-state index in [9.17, 15) is 4.79 Å². The van der Waals surface area contributed by atoms with Crippen molar-refractivity contribution in [2.24, 2.45) is 0 Å². The Morgan fingerprint density at radius 1 is 0.889 bits per heavy atom. The van der Waals surface area contributed by atoms with Crippen molar-refractivity contribution in [1.82, 2.24) is 0 Å². The number of ether oxygens (including phenoxy) is 4. The third-order valence-corrected chi connectivity index (χ3v) is 4.53. The number of carbonyl (C=O) groups excluding carboxylic acids is 1. The van der Waals surface area contributed by atoms with Crippen molar-refractivity contribution in [1.29, 1.82) is 0 Å². The number of benzene rings is 2. The van der Waals surface area contributed by atoms with E-state index in [4.69, 9.17) is 18.9 Å². The molecule has 0 radical (unpaired) electrons. The van der Waals surface area contributed by atoms with E-state index in [1.807, 2.05) is 32.0 Å². The molecule has 0 fully saturated rings. The van der Waals surface area contributed by atoms with Crippen LogP contribution in [0.25, 0.3) is 11.8 Å². The van der Waals surface area contributed by atoms with Crippen LogP contribution < -0.4 is 14.2 Å². The molecular weight excluding hydrogens is 344 g/mol. The molecule has 0 bridgehead atoms. The number of esters is 1. The summed E-state index contributed by atoms with van der Waals surface area (Å²) in [5.41, 5.74) is 4.41. The Morgan fingerprint density at radius 3 is 2.11 bits per heavy atom. The van der Waals surface area contributed by atoms with Gasteiger partial charge in [-0.3, -0.25) is 0 Å². The topological polar surface area (TPSA) is 54.0 Å². The maximum Gasteiger partial charge on any atom is 0.343 e. The zero-order chi connectivity index (χ0) is 19.6. The van der Waals surface area contributed by atoms with E-state index in [-0.39, 0.29) is 0 Å². The zero-order valence-corrected chi connectivity index (χ0v) is 16.1. The van der Waals surface area contributed by atoms with Gasteiger partial charge in [0.1, 0.15) is 5.76 Å². The Morgan fingerprint density at radius 2 is 1.56 bits per heavy atom. The van der Waals surface area contributed by atoms with Gasteiger partial charge < -0.3 is 18.9 Å². The number of hydrogen-bond donors (Lipinski definition) is 0. The Balaban J connectivity index is 2.00. The first-order chi connectivity index (χ1) is 13.0. The van der Waals surface area contributed by atoms with E-state index in [2.05, 4.69) is 0 Å². The standard InChI is InChI=1S/C22H22O5/c1-13-6-7-16(8-14(13)2)18-12-17(22(23)27-18)9-15-10-19(24-3)21(26-5)20(11-15)25-4/h6-12H,1-5H3. The molecule has 0 amide bonds. The van der Waals surface area contributed by atoms with E-state index < -0.39 is 5.97 Å². The van der Waals surface area contributed by atoms with Gasteiger partial charge in [0.15, 0.2) is 11.5 Å². The van der Waals surface area contributed by atoms with Gasteiger partial charge in [-0.1, -0.05) is 12.1 Å². The monoisotopic (exact) mass is 366 g/mol. The molecule has 1 heterocycles. The lowest BCUT2D eigenvalue weighted by Crippen LogP contribution is -1.98. The largest absolute Gasteiger partial charge is 0.493 e. The predicted octanol–water partition coefficient (Wildman–Crippen LogP) is 4.31. The molecule has 3 rings (SSSR count). The zero-order valence-electron chi connectivity index (χ0n) is 16.1. The average molecular weight is 366 g/mol. The van der Waals surface area contributed by atoms with Gasteiger partial charge in [-0.15, -0.1) is 0 Å². The van der Waals surface area contributed by atoms with Crippen LogP contribution in [0.4, 0.5) is 0 Å². The van der Waals surface area contributed by atoms with Gasteiger partial charge in [0.05, 0.1) is 26.9 Å². The van der Waals surface area contributed by atoms with Crippen LogP contribution in [0.1, 0.15) is 22.3 Å². The fourth-order valence-corrected chi connectivity index (χ4v) is 2.89. The lowest BCUT2D eigenvalue weighted by molar-refractivity contribution is -0.130. The van der Waals surface area contributed by atoms with Crippen molar-refractivity contribution in [2.45, 2.75) is 13.8 Å². The van der Waals surface area contributed by atoms with Gasteiger partial charge in [-0.2, -0.15) is 0 Å². The van der Waals surface area contributed by atoms with E-state index >= 15 is 0 Å². The number of cyclic esters (lactones) is 1. The summed E-state index contributed by atoms with van der Waals surface area (Å²) >= 11 is 0. The molecule has 2 aromatic carbocycles. The summed E-state index contributed by atoms with van der Waals surface area (Å²) in [4.78, 5) is 12.3. The SMILES string of the molecule is COc1cc(C=C2C=C(c3ccc(C)c(C)c3)OC2=O)cc(OC)c1OC. The van der Waals surface area contributed by atoms with Gasteiger partial charge in [0, 0.05) is 5.56 Å². The fraction of sp³-hybridized carbons (Fsp3) is 0.227. The summed E-state index contributed by atoms with van der Waals surface area (Å²) in [6.07, 6.45) is 3.48. The maximum absolute atomic E-state index is 12.3. The molecule has 5 nitrogen and oxygen atoms in total. The average Bonchev–Trinajstić information content (AvgIpc) is 3.03. The third kappa shape index (κ3) is 3.67. The molecule has 1 aliphatic rings. The molecule has 27 heavy (non-hydrogen) atoms. The van der Waals surface area contributed by atoms with Gasteiger partial charge in [0.2, 0.25) is 5.75 Å². The number of aryl methyl sites for hydroxylation is 2.